The second-order valence-electron chi connectivity index (χ2n) is 24.9. The number of benzene rings is 2. The second kappa shape index (κ2) is 17.1. The van der Waals surface area contributed by atoms with Crippen molar-refractivity contribution < 1.29 is 38.1 Å². The van der Waals surface area contributed by atoms with Gasteiger partial charge in [-0.15, -0.1) is 0 Å². The molecular weight excluding hydrogens is 809 g/mol. The molecule has 0 atom stereocenters. The topological polar surface area (TPSA) is 153 Å². The normalized spacial score (nSPS) is 24.8. The molecule has 4 heterocycles. The monoisotopic (exact) mass is 887 g/mol. The van der Waals surface area contributed by atoms with Crippen LogP contribution in [-0.2, 0) is 18.9 Å². The largest absolute Gasteiger partial charge is 0.459 e. The van der Waals surface area contributed by atoms with Gasteiger partial charge in [0.15, 0.2) is 0 Å². The number of nitrogens with one attached hydrogen (secondary N) is 4. The van der Waals surface area contributed by atoms with Crippen molar-refractivity contribution in [1.82, 2.24) is 21.3 Å². The quantitative estimate of drug-likeness (QED) is 0.140. The maximum Gasteiger partial charge on any atom is 0.338 e. The average molecular weight is 887 g/mol. The summed E-state index contributed by atoms with van der Waals surface area (Å²) in [5.41, 5.74) is -0.765. The highest BCUT2D eigenvalue weighted by molar-refractivity contribution is 6.00. The molecule has 0 unspecified atom stereocenters. The molecule has 4 saturated heterocycles. The minimum atomic E-state index is -0.582. The van der Waals surface area contributed by atoms with Gasteiger partial charge in [-0.1, -0.05) is 0 Å². The first-order valence-corrected chi connectivity index (χ1v) is 23.4. The third-order valence-electron chi connectivity index (χ3n) is 12.8. The molecule has 0 radical (unpaired) electrons. The standard InChI is InChI=1S/C52H78N4O8/c1-45(2)23-37(24-46(3,4)53-45)61-41(57)33-17-31(18-34(21-33)42(58)62-38-25-47(5,6)54-48(7,8)26-38)32-19-35(43(59)63-39-27-49(9,10)55-50(11,12)28-39)22-36(20-32)44(60)64-40-29-51(13,14)56-52(15,16)30-40/h17-22,37-40,53-56H,23-30H2,1-16H3. The first-order valence-electron chi connectivity index (χ1n) is 23.4. The Kier molecular flexibility index (Phi) is 13.3. The van der Waals surface area contributed by atoms with Gasteiger partial charge in [0.05, 0.1) is 22.3 Å². The molecule has 0 aromatic heterocycles. The Morgan fingerprint density at radius 2 is 0.484 bits per heavy atom. The smallest absolute Gasteiger partial charge is 0.338 e. The molecular formula is C52H78N4O8. The number of piperidine rings is 4. The summed E-state index contributed by atoms with van der Waals surface area (Å²) >= 11 is 0. The van der Waals surface area contributed by atoms with Gasteiger partial charge in [-0.25, -0.2) is 19.2 Å². The summed E-state index contributed by atoms with van der Waals surface area (Å²) in [5, 5.41) is 14.5. The maximum absolute atomic E-state index is 14.3. The van der Waals surface area contributed by atoms with Gasteiger partial charge in [-0.2, -0.15) is 0 Å². The summed E-state index contributed by atoms with van der Waals surface area (Å²) in [6, 6.07) is 9.67. The van der Waals surface area contributed by atoms with Crippen molar-refractivity contribution in [3.05, 3.63) is 58.7 Å². The molecule has 4 aliphatic heterocycles. The Labute approximate surface area is 382 Å². The first-order chi connectivity index (χ1) is 29.1. The number of rotatable bonds is 9. The number of hydrogen-bond acceptors (Lipinski definition) is 12. The van der Waals surface area contributed by atoms with Crippen LogP contribution in [0.2, 0.25) is 0 Å². The van der Waals surface area contributed by atoms with Crippen LogP contribution in [0.1, 0.15) is 204 Å². The van der Waals surface area contributed by atoms with Crippen LogP contribution in [0.4, 0.5) is 0 Å². The van der Waals surface area contributed by atoms with E-state index in [2.05, 4.69) is 132 Å². The predicted octanol–water partition coefficient (Wildman–Crippen LogP) is 9.22. The molecule has 0 bridgehead atoms. The van der Waals surface area contributed by atoms with E-state index in [4.69, 9.17) is 18.9 Å². The lowest BCUT2D eigenvalue weighted by Crippen LogP contribution is -2.59. The number of hydrogen-bond donors (Lipinski definition) is 4. The molecule has 6 rings (SSSR count). The van der Waals surface area contributed by atoms with Crippen LogP contribution in [0.5, 0.6) is 0 Å². The average Bonchev–Trinajstić information content (AvgIpc) is 3.05. The summed E-state index contributed by atoms with van der Waals surface area (Å²) in [5.74, 6) is -2.33. The number of carbonyl (C=O) groups is 4. The van der Waals surface area contributed by atoms with Gasteiger partial charge in [0.2, 0.25) is 0 Å². The predicted molar refractivity (Wildman–Crippen MR) is 251 cm³/mol. The lowest BCUT2D eigenvalue weighted by Gasteiger charge is -2.46. The molecule has 2 aromatic rings. The SMILES string of the molecule is CC1(C)CC(OC(=O)c2cc(C(=O)OC3CC(C)(C)NC(C)(C)C3)cc(-c3cc(C(=O)OC4CC(C)(C)NC(C)(C)C4)cc(C(=O)OC4CC(C)(C)NC(C)(C)C4)c3)c2)CC(C)(C)N1. The fourth-order valence-electron chi connectivity index (χ4n) is 12.2. The molecule has 4 fully saturated rings. The van der Waals surface area contributed by atoms with Gasteiger partial charge in [-0.05, 0) is 158 Å². The summed E-state index contributed by atoms with van der Waals surface area (Å²) < 4.78 is 25.0. The van der Waals surface area contributed by atoms with Gasteiger partial charge in [0.25, 0.3) is 0 Å². The van der Waals surface area contributed by atoms with Gasteiger partial charge >= 0.3 is 23.9 Å². The molecule has 12 heteroatoms. The van der Waals surface area contributed by atoms with Crippen molar-refractivity contribution >= 4 is 23.9 Å². The van der Waals surface area contributed by atoms with Crippen LogP contribution >= 0.6 is 0 Å². The van der Waals surface area contributed by atoms with E-state index in [1.54, 1.807) is 24.3 Å². The molecule has 4 aliphatic rings. The van der Waals surface area contributed by atoms with Crippen LogP contribution in [0, 0.1) is 0 Å². The molecule has 12 nitrogen and oxygen atoms in total. The maximum atomic E-state index is 14.3. The number of ether oxygens (including phenoxy) is 4. The van der Waals surface area contributed by atoms with Crippen LogP contribution in [-0.4, -0.2) is 92.6 Å². The molecule has 0 amide bonds. The number of esters is 4. The zero-order chi connectivity index (χ0) is 47.6. The van der Waals surface area contributed by atoms with Crippen molar-refractivity contribution in [2.75, 3.05) is 0 Å². The van der Waals surface area contributed by atoms with Gasteiger partial charge in [0, 0.05) is 95.7 Å². The Morgan fingerprint density at radius 3 is 0.641 bits per heavy atom. The highest BCUT2D eigenvalue weighted by Crippen LogP contribution is 2.36. The lowest BCUT2D eigenvalue weighted by molar-refractivity contribution is -0.00850. The molecule has 64 heavy (non-hydrogen) atoms. The van der Waals surface area contributed by atoms with Crippen molar-refractivity contribution in [2.45, 2.75) is 231 Å². The van der Waals surface area contributed by atoms with Gasteiger partial charge in [0.1, 0.15) is 24.4 Å². The van der Waals surface area contributed by atoms with Crippen molar-refractivity contribution in [3.8, 4) is 11.1 Å². The fourth-order valence-corrected chi connectivity index (χ4v) is 12.2. The summed E-state index contributed by atoms with van der Waals surface area (Å²) in [6.45, 7) is 33.4. The van der Waals surface area contributed by atoms with Crippen LogP contribution in [0.3, 0.4) is 0 Å². The van der Waals surface area contributed by atoms with E-state index in [0.29, 0.717) is 62.5 Å². The minimum absolute atomic E-state index is 0.153. The van der Waals surface area contributed by atoms with Gasteiger partial charge < -0.3 is 40.2 Å². The lowest BCUT2D eigenvalue weighted by atomic mass is 9.81. The van der Waals surface area contributed by atoms with E-state index < -0.39 is 23.9 Å². The van der Waals surface area contributed by atoms with Gasteiger partial charge in [-0.3, -0.25) is 0 Å². The van der Waals surface area contributed by atoms with Crippen molar-refractivity contribution in [3.63, 3.8) is 0 Å². The zero-order valence-corrected chi connectivity index (χ0v) is 41.7. The summed E-state index contributed by atoms with van der Waals surface area (Å²) in [4.78, 5) is 57.2. The van der Waals surface area contributed by atoms with E-state index in [1.807, 2.05) is 0 Å². The van der Waals surface area contributed by atoms with E-state index in [9.17, 15) is 19.2 Å². The minimum Gasteiger partial charge on any atom is -0.459 e. The third-order valence-corrected chi connectivity index (χ3v) is 12.8. The highest BCUT2D eigenvalue weighted by Gasteiger charge is 2.43. The van der Waals surface area contributed by atoms with E-state index in [-0.39, 0.29) is 91.0 Å². The van der Waals surface area contributed by atoms with Crippen molar-refractivity contribution in [1.29, 1.82) is 0 Å². The van der Waals surface area contributed by atoms with Crippen LogP contribution in [0.15, 0.2) is 36.4 Å². The summed E-state index contributed by atoms with van der Waals surface area (Å²) in [6.07, 6.45) is 3.28. The Morgan fingerprint density at radius 1 is 0.328 bits per heavy atom. The van der Waals surface area contributed by atoms with Crippen LogP contribution in [0.25, 0.3) is 11.1 Å². The molecule has 0 aliphatic carbocycles. The van der Waals surface area contributed by atoms with E-state index in [0.717, 1.165) is 0 Å². The molecule has 0 spiro atoms. The van der Waals surface area contributed by atoms with E-state index >= 15 is 0 Å². The highest BCUT2D eigenvalue weighted by atomic mass is 16.6. The second-order valence-corrected chi connectivity index (χ2v) is 24.9. The Hall–Kier alpha value is -3.84. The van der Waals surface area contributed by atoms with Crippen LogP contribution < -0.4 is 21.3 Å². The third kappa shape index (κ3) is 13.2. The molecule has 354 valence electrons. The number of carbonyl (C=O) groups excluding carboxylic acids is 4. The Bertz CT molecular complexity index is 1780. The van der Waals surface area contributed by atoms with E-state index in [1.165, 1.54) is 12.1 Å². The first kappa shape index (κ1) is 49.6. The zero-order valence-electron chi connectivity index (χ0n) is 41.7. The fraction of sp³-hybridized carbons (Fsp3) is 0.692. The van der Waals surface area contributed by atoms with Crippen molar-refractivity contribution in [2.24, 2.45) is 0 Å². The Balaban J connectivity index is 1.42. The molecule has 2 aromatic carbocycles. The summed E-state index contributed by atoms with van der Waals surface area (Å²) in [7, 11) is 0. The molecule has 0 saturated carbocycles. The molecule has 4 N–H and O–H groups in total.